The first-order valence-electron chi connectivity index (χ1n) is 5.96. The Morgan fingerprint density at radius 2 is 2.15 bits per heavy atom. The molecule has 0 aromatic heterocycles. The van der Waals surface area contributed by atoms with Gasteiger partial charge in [0.05, 0.1) is 15.7 Å². The summed E-state index contributed by atoms with van der Waals surface area (Å²) in [5.41, 5.74) is 0.625. The number of hydrogen-bond acceptors (Lipinski definition) is 3. The van der Waals surface area contributed by atoms with Crippen LogP contribution in [0.1, 0.15) is 13.3 Å². The molecule has 0 radical (unpaired) electrons. The van der Waals surface area contributed by atoms with Gasteiger partial charge in [-0.3, -0.25) is 9.59 Å². The van der Waals surface area contributed by atoms with Gasteiger partial charge in [0.25, 0.3) is 0 Å². The Bertz CT molecular complexity index is 568. The van der Waals surface area contributed by atoms with E-state index in [0.29, 0.717) is 38.9 Å². The minimum Gasteiger partial charge on any atom is -0.311 e. The minimum atomic E-state index is 0.0134. The van der Waals surface area contributed by atoms with Gasteiger partial charge >= 0.3 is 0 Å². The third-order valence-corrected chi connectivity index (χ3v) is 5.55. The van der Waals surface area contributed by atoms with E-state index in [1.807, 2.05) is 0 Å². The molecule has 2 rings (SSSR count). The Hall–Kier alpha value is -0.230. The molecule has 1 aliphatic rings. The van der Waals surface area contributed by atoms with Crippen LogP contribution in [0, 0.1) is 5.92 Å². The Kier molecular flexibility index (Phi) is 5.40. The van der Waals surface area contributed by atoms with E-state index in [4.69, 9.17) is 23.2 Å². The Balaban J connectivity index is 2.16. The Morgan fingerprint density at radius 3 is 2.80 bits per heavy atom. The van der Waals surface area contributed by atoms with Crippen LogP contribution in [-0.4, -0.2) is 23.3 Å². The van der Waals surface area contributed by atoms with Crippen molar-refractivity contribution < 1.29 is 9.59 Å². The molecule has 3 nitrogen and oxygen atoms in total. The molecule has 1 atom stereocenters. The van der Waals surface area contributed by atoms with Gasteiger partial charge in [0.1, 0.15) is 0 Å². The van der Waals surface area contributed by atoms with Gasteiger partial charge in [-0.1, -0.05) is 35.0 Å². The molecule has 1 aliphatic heterocycles. The maximum Gasteiger partial charge on any atom is 0.227 e. The molecule has 0 saturated carbocycles. The van der Waals surface area contributed by atoms with Crippen molar-refractivity contribution in [3.8, 4) is 0 Å². The van der Waals surface area contributed by atoms with Gasteiger partial charge in [-0.05, 0) is 34.0 Å². The smallest absolute Gasteiger partial charge is 0.227 e. The standard InChI is InChI=1S/C13H12BrCl2NO2S/c1-7(18)20-6-8-2-13(19)17(5-8)12-4-10(15)9(14)3-11(12)16/h3-4,8H,2,5-6H2,1H3. The summed E-state index contributed by atoms with van der Waals surface area (Å²) in [6.07, 6.45) is 0.435. The van der Waals surface area contributed by atoms with E-state index >= 15 is 0 Å². The topological polar surface area (TPSA) is 37.4 Å². The SMILES string of the molecule is CC(=O)SCC1CC(=O)N(c2cc(Cl)c(Br)cc2Cl)C1. The summed E-state index contributed by atoms with van der Waals surface area (Å²) in [6, 6.07) is 3.37. The van der Waals surface area contributed by atoms with Gasteiger partial charge in [-0.2, -0.15) is 0 Å². The van der Waals surface area contributed by atoms with E-state index in [9.17, 15) is 9.59 Å². The molecule has 1 unspecified atom stereocenters. The summed E-state index contributed by atoms with van der Waals surface area (Å²) in [4.78, 5) is 24.7. The molecular weight excluding hydrogens is 385 g/mol. The molecule has 1 heterocycles. The number of benzene rings is 1. The van der Waals surface area contributed by atoms with Crippen LogP contribution in [0.5, 0.6) is 0 Å². The molecule has 0 spiro atoms. The average Bonchev–Trinajstić information content (AvgIpc) is 2.72. The van der Waals surface area contributed by atoms with Crippen LogP contribution < -0.4 is 4.90 Å². The van der Waals surface area contributed by atoms with E-state index in [1.165, 1.54) is 18.7 Å². The number of anilines is 1. The fourth-order valence-corrected chi connectivity index (χ4v) is 3.67. The first-order chi connectivity index (χ1) is 9.38. The summed E-state index contributed by atoms with van der Waals surface area (Å²) in [5, 5.41) is 1.06. The lowest BCUT2D eigenvalue weighted by molar-refractivity contribution is -0.117. The van der Waals surface area contributed by atoms with E-state index in [1.54, 1.807) is 17.0 Å². The highest BCUT2D eigenvalue weighted by Crippen LogP contribution is 2.37. The highest BCUT2D eigenvalue weighted by molar-refractivity contribution is 9.10. The van der Waals surface area contributed by atoms with Crippen molar-refractivity contribution in [1.82, 2.24) is 0 Å². The average molecular weight is 397 g/mol. The second-order valence-electron chi connectivity index (χ2n) is 4.59. The van der Waals surface area contributed by atoms with Crippen molar-refractivity contribution in [2.24, 2.45) is 5.92 Å². The molecule has 7 heteroatoms. The van der Waals surface area contributed by atoms with Gasteiger partial charge in [-0.15, -0.1) is 0 Å². The number of carbonyl (C=O) groups is 2. The lowest BCUT2D eigenvalue weighted by Gasteiger charge is -2.19. The highest BCUT2D eigenvalue weighted by Gasteiger charge is 2.32. The first-order valence-corrected chi connectivity index (χ1v) is 8.50. The zero-order valence-corrected chi connectivity index (χ0v) is 14.6. The molecule has 0 N–H and O–H groups in total. The van der Waals surface area contributed by atoms with Crippen molar-refractivity contribution in [2.75, 3.05) is 17.2 Å². The fraction of sp³-hybridized carbons (Fsp3) is 0.385. The van der Waals surface area contributed by atoms with E-state index < -0.39 is 0 Å². The highest BCUT2D eigenvalue weighted by atomic mass is 79.9. The molecule has 0 bridgehead atoms. The number of nitrogens with zero attached hydrogens (tertiary/aromatic N) is 1. The summed E-state index contributed by atoms with van der Waals surface area (Å²) in [6.45, 7) is 2.10. The van der Waals surface area contributed by atoms with Crippen LogP contribution in [-0.2, 0) is 9.59 Å². The quantitative estimate of drug-likeness (QED) is 0.711. The van der Waals surface area contributed by atoms with Gasteiger partial charge in [0.2, 0.25) is 5.91 Å². The zero-order valence-electron chi connectivity index (χ0n) is 10.7. The van der Waals surface area contributed by atoms with Crippen LogP contribution in [0.4, 0.5) is 5.69 Å². The number of rotatable bonds is 3. The van der Waals surface area contributed by atoms with Crippen LogP contribution in [0.2, 0.25) is 10.0 Å². The van der Waals surface area contributed by atoms with Crippen molar-refractivity contribution in [3.05, 3.63) is 26.7 Å². The predicted octanol–water partition coefficient (Wildman–Crippen LogP) is 4.39. The first kappa shape index (κ1) is 16.1. The molecular formula is C13H12BrCl2NO2S. The summed E-state index contributed by atoms with van der Waals surface area (Å²) < 4.78 is 0.697. The van der Waals surface area contributed by atoms with Crippen LogP contribution in [0.3, 0.4) is 0 Å². The van der Waals surface area contributed by atoms with Crippen molar-refractivity contribution in [1.29, 1.82) is 0 Å². The number of thioether (sulfide) groups is 1. The summed E-state index contributed by atoms with van der Waals surface area (Å²) in [7, 11) is 0. The molecule has 1 aromatic carbocycles. The van der Waals surface area contributed by atoms with Gasteiger partial charge in [0.15, 0.2) is 5.12 Å². The minimum absolute atomic E-state index is 0.0134. The summed E-state index contributed by atoms with van der Waals surface area (Å²) >= 11 is 16.8. The molecule has 1 saturated heterocycles. The molecule has 1 amide bonds. The maximum absolute atomic E-state index is 12.1. The van der Waals surface area contributed by atoms with Gasteiger partial charge < -0.3 is 4.90 Å². The number of amides is 1. The normalized spacial score (nSPS) is 18.7. The second-order valence-corrected chi connectivity index (χ2v) is 7.46. The lowest BCUT2D eigenvalue weighted by Crippen LogP contribution is -2.25. The Labute approximate surface area is 140 Å². The van der Waals surface area contributed by atoms with E-state index in [0.717, 1.165) is 0 Å². The molecule has 1 fully saturated rings. The van der Waals surface area contributed by atoms with Crippen molar-refractivity contribution in [2.45, 2.75) is 13.3 Å². The summed E-state index contributed by atoms with van der Waals surface area (Å²) in [5.74, 6) is 0.828. The fourth-order valence-electron chi connectivity index (χ4n) is 2.08. The van der Waals surface area contributed by atoms with Gasteiger partial charge in [0, 0.05) is 30.1 Å². The van der Waals surface area contributed by atoms with Crippen LogP contribution >= 0.6 is 50.9 Å². The lowest BCUT2D eigenvalue weighted by atomic mass is 10.1. The third-order valence-electron chi connectivity index (χ3n) is 3.01. The van der Waals surface area contributed by atoms with E-state index in [2.05, 4.69) is 15.9 Å². The largest absolute Gasteiger partial charge is 0.311 e. The number of halogens is 3. The molecule has 0 aliphatic carbocycles. The third kappa shape index (κ3) is 3.70. The molecule has 108 valence electrons. The Morgan fingerprint density at radius 1 is 1.45 bits per heavy atom. The van der Waals surface area contributed by atoms with E-state index in [-0.39, 0.29) is 16.9 Å². The zero-order chi connectivity index (χ0) is 14.9. The predicted molar refractivity (Wildman–Crippen MR) is 87.8 cm³/mol. The van der Waals surface area contributed by atoms with Crippen LogP contribution in [0.15, 0.2) is 16.6 Å². The number of carbonyl (C=O) groups excluding carboxylic acids is 2. The maximum atomic E-state index is 12.1. The van der Waals surface area contributed by atoms with Crippen molar-refractivity contribution >= 4 is 67.6 Å². The molecule has 1 aromatic rings. The van der Waals surface area contributed by atoms with Crippen molar-refractivity contribution in [3.63, 3.8) is 0 Å². The van der Waals surface area contributed by atoms with Crippen LogP contribution in [0.25, 0.3) is 0 Å². The van der Waals surface area contributed by atoms with Gasteiger partial charge in [-0.25, -0.2) is 0 Å². The second kappa shape index (κ2) is 6.69. The monoisotopic (exact) mass is 395 g/mol. The molecule has 20 heavy (non-hydrogen) atoms. The number of hydrogen-bond donors (Lipinski definition) is 0.